The molecular formula is C38H49N7O3. The SMILES string of the molecule is CCCCCCCCCCCCCC(=O)Nc1cc(N=C2NN(Cc3ccccc3)C(=O)C2n2nnc3cc(C)ccc32)ccc1OC. The van der Waals surface area contributed by atoms with Crippen molar-refractivity contribution >= 4 is 40.1 Å². The molecule has 5 rings (SSSR count). The Hall–Kier alpha value is -4.73. The molecule has 1 atom stereocenters. The van der Waals surface area contributed by atoms with Gasteiger partial charge in [-0.1, -0.05) is 113 Å². The summed E-state index contributed by atoms with van der Waals surface area (Å²) in [6, 6.07) is 20.1. The van der Waals surface area contributed by atoms with E-state index in [4.69, 9.17) is 9.73 Å². The Balaban J connectivity index is 1.26. The van der Waals surface area contributed by atoms with Crippen LogP contribution >= 0.6 is 0 Å². The number of aromatic nitrogens is 3. The minimum Gasteiger partial charge on any atom is -0.495 e. The third-order valence-electron chi connectivity index (χ3n) is 8.78. The molecule has 0 radical (unpaired) electrons. The maximum absolute atomic E-state index is 13.9. The Morgan fingerprint density at radius 3 is 2.33 bits per heavy atom. The highest BCUT2D eigenvalue weighted by molar-refractivity contribution is 6.11. The van der Waals surface area contributed by atoms with E-state index in [9.17, 15) is 9.59 Å². The number of benzene rings is 3. The first-order valence-electron chi connectivity index (χ1n) is 17.5. The maximum atomic E-state index is 13.9. The molecule has 10 nitrogen and oxygen atoms in total. The summed E-state index contributed by atoms with van der Waals surface area (Å²) < 4.78 is 7.18. The number of carbonyl (C=O) groups is 2. The topological polar surface area (TPSA) is 114 Å². The van der Waals surface area contributed by atoms with E-state index in [2.05, 4.69) is 28.0 Å². The Labute approximate surface area is 283 Å². The van der Waals surface area contributed by atoms with Crippen LogP contribution in [0.15, 0.2) is 71.7 Å². The number of anilines is 1. The maximum Gasteiger partial charge on any atom is 0.274 e. The molecule has 48 heavy (non-hydrogen) atoms. The van der Waals surface area contributed by atoms with Crippen molar-refractivity contribution in [2.75, 3.05) is 12.4 Å². The van der Waals surface area contributed by atoms with Crippen molar-refractivity contribution in [1.82, 2.24) is 25.4 Å². The molecule has 3 aromatic carbocycles. The molecule has 10 heteroatoms. The van der Waals surface area contributed by atoms with Gasteiger partial charge in [0, 0.05) is 6.42 Å². The first-order chi connectivity index (χ1) is 23.5. The highest BCUT2D eigenvalue weighted by atomic mass is 16.5. The number of hydrogen-bond acceptors (Lipinski definition) is 6. The van der Waals surface area contributed by atoms with Gasteiger partial charge in [-0.05, 0) is 54.8 Å². The van der Waals surface area contributed by atoms with Crippen LogP contribution < -0.4 is 15.5 Å². The Kier molecular flexibility index (Phi) is 12.6. The molecule has 0 bridgehead atoms. The van der Waals surface area contributed by atoms with Gasteiger partial charge in [0.2, 0.25) is 5.91 Å². The van der Waals surface area contributed by atoms with Gasteiger partial charge in [0.1, 0.15) is 11.3 Å². The summed E-state index contributed by atoms with van der Waals surface area (Å²) in [6.07, 6.45) is 14.0. The fourth-order valence-electron chi connectivity index (χ4n) is 6.12. The third-order valence-corrected chi connectivity index (χ3v) is 8.78. The minimum atomic E-state index is -0.845. The molecule has 0 spiro atoms. The molecule has 0 saturated carbocycles. The van der Waals surface area contributed by atoms with E-state index in [-0.39, 0.29) is 11.8 Å². The van der Waals surface area contributed by atoms with Crippen LogP contribution in [0.3, 0.4) is 0 Å². The van der Waals surface area contributed by atoms with E-state index >= 15 is 0 Å². The van der Waals surface area contributed by atoms with E-state index in [0.717, 1.165) is 35.9 Å². The van der Waals surface area contributed by atoms with Crippen molar-refractivity contribution in [3.63, 3.8) is 0 Å². The molecule has 2 N–H and O–H groups in total. The van der Waals surface area contributed by atoms with E-state index in [0.29, 0.717) is 41.4 Å². The fraction of sp³-hybridized carbons (Fsp3) is 0.447. The minimum absolute atomic E-state index is 0.0560. The van der Waals surface area contributed by atoms with Crippen LogP contribution in [0.5, 0.6) is 5.75 Å². The molecule has 2 amide bonds. The van der Waals surface area contributed by atoms with Crippen LogP contribution in [0.2, 0.25) is 0 Å². The second-order valence-corrected chi connectivity index (χ2v) is 12.7. The number of ether oxygens (including phenoxy) is 1. The number of aliphatic imine (C=N–C) groups is 1. The van der Waals surface area contributed by atoms with Gasteiger partial charge in [-0.3, -0.25) is 15.0 Å². The zero-order valence-corrected chi connectivity index (χ0v) is 28.6. The van der Waals surface area contributed by atoms with Crippen LogP contribution in [0.1, 0.15) is 101 Å². The molecule has 0 aliphatic carbocycles. The average molecular weight is 652 g/mol. The van der Waals surface area contributed by atoms with Gasteiger partial charge in [0.25, 0.3) is 5.91 Å². The standard InChI is InChI=1S/C38H49N7O3/c1-4-5-6-7-8-9-10-11-12-13-17-20-35(46)40-32-26-30(22-24-34(32)48-3)39-37-36(45-33-23-21-28(2)25-31(33)41-43-45)38(47)44(42-37)27-29-18-15-14-16-19-29/h14-16,18-19,21-26,36H,4-13,17,20,27H2,1-3H3,(H,39,42)(H,40,46). The van der Waals surface area contributed by atoms with Crippen molar-refractivity contribution in [2.45, 2.75) is 103 Å². The predicted octanol–water partition coefficient (Wildman–Crippen LogP) is 8.21. The van der Waals surface area contributed by atoms with E-state index in [1.807, 2.05) is 55.5 Å². The number of nitrogens with one attached hydrogen (secondary N) is 2. The summed E-state index contributed by atoms with van der Waals surface area (Å²) >= 11 is 0. The Morgan fingerprint density at radius 1 is 0.917 bits per heavy atom. The molecule has 1 fully saturated rings. The van der Waals surface area contributed by atoms with Crippen LogP contribution in [0, 0.1) is 6.92 Å². The normalized spacial score (nSPS) is 15.3. The number of amidine groups is 1. The Bertz CT molecular complexity index is 1680. The summed E-state index contributed by atoms with van der Waals surface area (Å²) in [5.41, 5.74) is 7.80. The lowest BCUT2D eigenvalue weighted by atomic mass is 10.1. The molecule has 4 aromatic rings. The van der Waals surface area contributed by atoms with Gasteiger partial charge >= 0.3 is 0 Å². The fourth-order valence-corrected chi connectivity index (χ4v) is 6.12. The van der Waals surface area contributed by atoms with Gasteiger partial charge in [-0.25, -0.2) is 14.7 Å². The molecule has 2 heterocycles. The van der Waals surface area contributed by atoms with Crippen LogP contribution in [0.25, 0.3) is 11.0 Å². The number of hydrogen-bond donors (Lipinski definition) is 2. The number of fused-ring (bicyclic) bond motifs is 1. The lowest BCUT2D eigenvalue weighted by Crippen LogP contribution is -2.35. The number of methoxy groups -OCH3 is 1. The van der Waals surface area contributed by atoms with Crippen molar-refractivity contribution in [3.05, 3.63) is 77.9 Å². The van der Waals surface area contributed by atoms with E-state index in [1.54, 1.807) is 35.0 Å². The van der Waals surface area contributed by atoms with Crippen LogP contribution in [-0.4, -0.2) is 44.8 Å². The van der Waals surface area contributed by atoms with Gasteiger partial charge in [0.05, 0.1) is 30.5 Å². The summed E-state index contributed by atoms with van der Waals surface area (Å²) in [6.45, 7) is 4.60. The summed E-state index contributed by atoms with van der Waals surface area (Å²) in [7, 11) is 1.58. The Morgan fingerprint density at radius 2 is 1.62 bits per heavy atom. The summed E-state index contributed by atoms with van der Waals surface area (Å²) in [5.74, 6) is 0.701. The van der Waals surface area contributed by atoms with Gasteiger partial charge in [0.15, 0.2) is 11.9 Å². The number of unbranched alkanes of at least 4 members (excludes halogenated alkanes) is 10. The average Bonchev–Trinajstić information content (AvgIpc) is 3.62. The van der Waals surface area contributed by atoms with Gasteiger partial charge in [-0.15, -0.1) is 5.10 Å². The lowest BCUT2D eigenvalue weighted by molar-refractivity contribution is -0.132. The highest BCUT2D eigenvalue weighted by Gasteiger charge is 2.40. The molecule has 254 valence electrons. The zero-order valence-electron chi connectivity index (χ0n) is 28.6. The number of rotatable bonds is 18. The number of hydrazine groups is 1. The monoisotopic (exact) mass is 651 g/mol. The predicted molar refractivity (Wildman–Crippen MR) is 191 cm³/mol. The second kappa shape index (κ2) is 17.4. The number of carbonyl (C=O) groups excluding carboxylic acids is 2. The van der Waals surface area contributed by atoms with E-state index in [1.165, 1.54) is 51.4 Å². The van der Waals surface area contributed by atoms with Gasteiger partial charge < -0.3 is 10.1 Å². The molecule has 1 aliphatic rings. The van der Waals surface area contributed by atoms with Crippen molar-refractivity contribution in [1.29, 1.82) is 0 Å². The highest BCUT2D eigenvalue weighted by Crippen LogP contribution is 2.32. The molecule has 1 aliphatic heterocycles. The largest absolute Gasteiger partial charge is 0.495 e. The number of nitrogens with zero attached hydrogens (tertiary/aromatic N) is 5. The molecule has 1 aromatic heterocycles. The van der Waals surface area contributed by atoms with Crippen LogP contribution in [0.4, 0.5) is 11.4 Å². The van der Waals surface area contributed by atoms with E-state index < -0.39 is 6.04 Å². The second-order valence-electron chi connectivity index (χ2n) is 12.7. The van der Waals surface area contributed by atoms with Crippen molar-refractivity contribution in [3.8, 4) is 5.75 Å². The van der Waals surface area contributed by atoms with Crippen molar-refractivity contribution in [2.24, 2.45) is 4.99 Å². The number of aryl methyl sites for hydroxylation is 1. The quantitative estimate of drug-likeness (QED) is 0.105. The first-order valence-corrected chi connectivity index (χ1v) is 17.5. The molecule has 1 saturated heterocycles. The lowest BCUT2D eigenvalue weighted by Gasteiger charge is -2.15. The smallest absolute Gasteiger partial charge is 0.274 e. The third kappa shape index (κ3) is 9.20. The van der Waals surface area contributed by atoms with Gasteiger partial charge in [-0.2, -0.15) is 0 Å². The molecule has 1 unspecified atom stereocenters. The zero-order chi connectivity index (χ0) is 33.7. The molecular weight excluding hydrogens is 602 g/mol. The summed E-state index contributed by atoms with van der Waals surface area (Å²) in [5, 5.41) is 13.3. The number of amides is 2. The van der Waals surface area contributed by atoms with Crippen LogP contribution in [-0.2, 0) is 16.1 Å². The van der Waals surface area contributed by atoms with Crippen molar-refractivity contribution < 1.29 is 14.3 Å². The summed E-state index contributed by atoms with van der Waals surface area (Å²) in [4.78, 5) is 31.7. The first kappa shape index (κ1) is 34.6.